The lowest BCUT2D eigenvalue weighted by molar-refractivity contribution is 0.475. The second kappa shape index (κ2) is 8.20. The van der Waals surface area contributed by atoms with Crippen molar-refractivity contribution in [2.45, 2.75) is 13.2 Å². The van der Waals surface area contributed by atoms with Crippen LogP contribution in [0.15, 0.2) is 103 Å². The molecule has 5 aromatic rings. The van der Waals surface area contributed by atoms with Crippen molar-refractivity contribution in [3.63, 3.8) is 0 Å². The maximum atomic E-state index is 9.84. The van der Waals surface area contributed by atoms with E-state index in [1.807, 2.05) is 66.2 Å². The van der Waals surface area contributed by atoms with Crippen LogP contribution in [0.4, 0.5) is 11.4 Å². The summed E-state index contributed by atoms with van der Waals surface area (Å²) in [6.45, 7) is 2.01. The summed E-state index contributed by atoms with van der Waals surface area (Å²) >= 11 is 0. The highest BCUT2D eigenvalue weighted by atomic mass is 16.3. The molecule has 9 nitrogen and oxygen atoms in total. The fraction of sp³-hybridized carbons (Fsp3) is 0.0714. The van der Waals surface area contributed by atoms with Crippen LogP contribution in [-0.2, 0) is 0 Å². The summed E-state index contributed by atoms with van der Waals surface area (Å²) in [4.78, 5) is 11.4. The monoisotopic (exact) mass is 486 g/mol. The van der Waals surface area contributed by atoms with E-state index in [1.54, 1.807) is 23.1 Å². The van der Waals surface area contributed by atoms with Crippen molar-refractivity contribution in [3.8, 4) is 17.3 Å². The maximum absolute atomic E-state index is 9.84. The van der Waals surface area contributed by atoms with Gasteiger partial charge in [-0.3, -0.25) is 4.90 Å². The second-order valence-corrected chi connectivity index (χ2v) is 8.87. The number of allylic oxidation sites excluding steroid dienone is 1. The van der Waals surface area contributed by atoms with E-state index in [0.29, 0.717) is 0 Å². The first-order valence-corrected chi connectivity index (χ1v) is 11.9. The van der Waals surface area contributed by atoms with Crippen LogP contribution in [0, 0.1) is 6.92 Å². The summed E-state index contributed by atoms with van der Waals surface area (Å²) in [5, 5.41) is 22.8. The molecular weight excluding hydrogens is 464 g/mol. The fourth-order valence-electron chi connectivity index (χ4n) is 4.94. The summed E-state index contributed by atoms with van der Waals surface area (Å²) < 4.78 is 3.65. The Labute approximate surface area is 212 Å². The molecule has 0 bridgehead atoms. The molecule has 0 radical (unpaired) electrons. The zero-order valence-corrected chi connectivity index (χ0v) is 19.9. The third-order valence-corrected chi connectivity index (χ3v) is 6.58. The first kappa shape index (κ1) is 21.1. The van der Waals surface area contributed by atoms with Gasteiger partial charge < -0.3 is 10.4 Å². The predicted octanol–water partition coefficient (Wildman–Crippen LogP) is 4.53. The first-order valence-electron chi connectivity index (χ1n) is 11.9. The highest BCUT2D eigenvalue weighted by molar-refractivity contribution is 6.16. The number of phenolic OH excluding ortho intramolecular Hbond substituents is 1. The summed E-state index contributed by atoms with van der Waals surface area (Å²) in [7, 11) is 0. The van der Waals surface area contributed by atoms with E-state index < -0.39 is 0 Å². The van der Waals surface area contributed by atoms with E-state index >= 15 is 0 Å². The van der Waals surface area contributed by atoms with Gasteiger partial charge in [0.2, 0.25) is 6.29 Å². The van der Waals surface area contributed by atoms with Crippen molar-refractivity contribution in [2.75, 3.05) is 10.2 Å². The number of phenols is 1. The Morgan fingerprint density at radius 1 is 0.919 bits per heavy atom. The molecule has 37 heavy (non-hydrogen) atoms. The number of benzene rings is 3. The van der Waals surface area contributed by atoms with Gasteiger partial charge >= 0.3 is 0 Å². The Balaban J connectivity index is 1.49. The van der Waals surface area contributed by atoms with Gasteiger partial charge in [-0.05, 0) is 61.5 Å². The Bertz CT molecular complexity index is 1670. The summed E-state index contributed by atoms with van der Waals surface area (Å²) in [6, 6.07) is 25.3. The van der Waals surface area contributed by atoms with E-state index in [9.17, 15) is 5.11 Å². The van der Waals surface area contributed by atoms with Crippen LogP contribution in [0.3, 0.4) is 0 Å². The molecule has 180 valence electrons. The van der Waals surface area contributed by atoms with Crippen molar-refractivity contribution >= 4 is 22.8 Å². The van der Waals surface area contributed by atoms with E-state index in [-0.39, 0.29) is 12.0 Å². The lowest BCUT2D eigenvalue weighted by Crippen LogP contribution is -2.37. The molecule has 2 N–H and O–H groups in total. The standard InChI is InChI=1S/C28H22N8O/c1-18-26(27(34-17-29-16-30-34)36(33-18)20-7-3-2-4-8-20)25-15-23(19-11-13-21(37)14-12-19)32-28-31-22-9-5-6-10-24(22)35(25)28/h2-17,28,31,37H,1H3. The molecule has 3 aromatic carbocycles. The summed E-state index contributed by atoms with van der Waals surface area (Å²) in [5.74, 6) is 0.994. The number of aromatic nitrogens is 5. The number of anilines is 2. The SMILES string of the molecule is Cc1nn(-c2ccccc2)c(-n2cncn2)c1C1=CC(c2ccc(O)cc2)=NC2Nc3ccccc3N12. The smallest absolute Gasteiger partial charge is 0.201 e. The number of nitrogens with zero attached hydrogens (tertiary/aromatic N) is 7. The number of aromatic hydroxyl groups is 1. The number of nitrogens with one attached hydrogen (secondary N) is 1. The molecule has 0 spiro atoms. The molecule has 0 saturated heterocycles. The Morgan fingerprint density at radius 3 is 2.49 bits per heavy atom. The number of hydrogen-bond acceptors (Lipinski definition) is 7. The van der Waals surface area contributed by atoms with E-state index in [2.05, 4.69) is 38.5 Å². The van der Waals surface area contributed by atoms with Gasteiger partial charge in [-0.1, -0.05) is 30.3 Å². The minimum Gasteiger partial charge on any atom is -0.508 e. The van der Waals surface area contributed by atoms with Crippen molar-refractivity contribution in [1.82, 2.24) is 24.5 Å². The van der Waals surface area contributed by atoms with Gasteiger partial charge in [0.15, 0.2) is 5.82 Å². The average molecular weight is 487 g/mol. The molecule has 0 amide bonds. The fourth-order valence-corrected chi connectivity index (χ4v) is 4.94. The highest BCUT2D eigenvalue weighted by Crippen LogP contribution is 2.44. The molecule has 2 aromatic heterocycles. The molecule has 0 fully saturated rings. The number of aryl methyl sites for hydroxylation is 1. The maximum Gasteiger partial charge on any atom is 0.201 e. The van der Waals surface area contributed by atoms with Crippen LogP contribution in [-0.4, -0.2) is 41.7 Å². The lowest BCUT2D eigenvalue weighted by atomic mass is 10.0. The van der Waals surface area contributed by atoms with E-state index in [0.717, 1.165) is 51.1 Å². The van der Waals surface area contributed by atoms with E-state index in [4.69, 9.17) is 10.1 Å². The Morgan fingerprint density at radius 2 is 1.70 bits per heavy atom. The number of fused-ring (bicyclic) bond motifs is 3. The van der Waals surface area contributed by atoms with Gasteiger partial charge in [-0.15, -0.1) is 0 Å². The van der Waals surface area contributed by atoms with Crippen LogP contribution in [0.2, 0.25) is 0 Å². The Hall–Kier alpha value is -5.18. The van der Waals surface area contributed by atoms with Crippen molar-refractivity contribution < 1.29 is 5.11 Å². The van der Waals surface area contributed by atoms with Crippen LogP contribution in [0.25, 0.3) is 17.2 Å². The minimum atomic E-state index is -0.343. The van der Waals surface area contributed by atoms with Crippen molar-refractivity contribution in [3.05, 3.63) is 114 Å². The van der Waals surface area contributed by atoms with Gasteiger partial charge in [-0.25, -0.2) is 19.3 Å². The molecule has 2 aliphatic rings. The number of aliphatic imine (C=N–C) groups is 1. The normalized spacial score (nSPS) is 16.0. The van der Waals surface area contributed by atoms with E-state index in [1.165, 1.54) is 6.33 Å². The largest absolute Gasteiger partial charge is 0.508 e. The molecule has 0 saturated carbocycles. The van der Waals surface area contributed by atoms with Gasteiger partial charge in [0.05, 0.1) is 39.7 Å². The summed E-state index contributed by atoms with van der Waals surface area (Å²) in [6.07, 6.45) is 4.94. The zero-order valence-electron chi connectivity index (χ0n) is 19.9. The topological polar surface area (TPSA) is 96.4 Å². The first-order chi connectivity index (χ1) is 18.2. The lowest BCUT2D eigenvalue weighted by Gasteiger charge is -2.31. The molecule has 9 heteroatoms. The number of rotatable bonds is 4. The number of para-hydroxylation sites is 3. The van der Waals surface area contributed by atoms with Crippen molar-refractivity contribution in [1.29, 1.82) is 0 Å². The van der Waals surface area contributed by atoms with Crippen LogP contribution in [0.5, 0.6) is 5.75 Å². The minimum absolute atomic E-state index is 0.214. The number of hydrogen-bond donors (Lipinski definition) is 2. The van der Waals surface area contributed by atoms with Gasteiger partial charge in [0.25, 0.3) is 0 Å². The quantitative estimate of drug-likeness (QED) is 0.388. The van der Waals surface area contributed by atoms with Crippen molar-refractivity contribution in [2.24, 2.45) is 4.99 Å². The zero-order chi connectivity index (χ0) is 24.9. The molecule has 1 unspecified atom stereocenters. The molecular formula is C28H22N8O. The van der Waals surface area contributed by atoms with Gasteiger partial charge in [0, 0.05) is 5.56 Å². The van der Waals surface area contributed by atoms with Crippen LogP contribution >= 0.6 is 0 Å². The second-order valence-electron chi connectivity index (χ2n) is 8.87. The molecule has 2 aliphatic heterocycles. The summed E-state index contributed by atoms with van der Waals surface area (Å²) in [5.41, 5.74) is 7.36. The van der Waals surface area contributed by atoms with Crippen LogP contribution < -0.4 is 10.2 Å². The predicted molar refractivity (Wildman–Crippen MR) is 142 cm³/mol. The molecule has 1 atom stereocenters. The third-order valence-electron chi connectivity index (χ3n) is 6.58. The third kappa shape index (κ3) is 3.40. The van der Waals surface area contributed by atoms with Crippen LogP contribution in [0.1, 0.15) is 16.8 Å². The highest BCUT2D eigenvalue weighted by Gasteiger charge is 2.37. The molecule has 7 rings (SSSR count). The molecule has 4 heterocycles. The average Bonchev–Trinajstić information content (AvgIpc) is 3.66. The Kier molecular flexibility index (Phi) is 4.68. The van der Waals surface area contributed by atoms with Gasteiger partial charge in [-0.2, -0.15) is 10.2 Å². The van der Waals surface area contributed by atoms with Gasteiger partial charge in [0.1, 0.15) is 18.4 Å². The molecule has 0 aliphatic carbocycles.